The summed E-state index contributed by atoms with van der Waals surface area (Å²) in [5.41, 5.74) is -1.18. The number of anilines is 1. The molecule has 1 aromatic heterocycles. The van der Waals surface area contributed by atoms with E-state index in [4.69, 9.17) is 7.48 Å². The highest BCUT2D eigenvalue weighted by Gasteiger charge is 2.29. The molecule has 3 rings (SSSR count). The first kappa shape index (κ1) is 13.9. The van der Waals surface area contributed by atoms with Crippen molar-refractivity contribution < 1.29 is 16.3 Å². The molecule has 0 saturated heterocycles. The van der Waals surface area contributed by atoms with Gasteiger partial charge in [0.1, 0.15) is 12.4 Å². The molecule has 1 aromatic carbocycles. The fraction of sp³-hybridized carbons (Fsp3) is 0.412. The van der Waals surface area contributed by atoms with E-state index in [1.54, 1.807) is 0 Å². The number of ether oxygens (including phenoxy) is 1. The van der Waals surface area contributed by atoms with Gasteiger partial charge in [-0.15, -0.1) is 0 Å². The Labute approximate surface area is 141 Å². The van der Waals surface area contributed by atoms with E-state index in [0.29, 0.717) is 12.4 Å². The topological polar surface area (TPSA) is 47.4 Å². The minimum absolute atomic E-state index is 0.0668. The van der Waals surface area contributed by atoms with Crippen LogP contribution >= 0.6 is 0 Å². The summed E-state index contributed by atoms with van der Waals surface area (Å²) in [6, 6.07) is 4.77. The first-order chi connectivity index (χ1) is 12.1. The van der Waals surface area contributed by atoms with Crippen LogP contribution in [0.3, 0.4) is 0 Å². The zero-order valence-corrected chi connectivity index (χ0v) is 13.6. The van der Waals surface area contributed by atoms with Crippen LogP contribution in [0, 0.1) is 11.6 Å². The van der Waals surface area contributed by atoms with Crippen molar-refractivity contribution in [1.82, 2.24) is 9.55 Å². The molecule has 0 amide bonds. The van der Waals surface area contributed by atoms with Crippen molar-refractivity contribution in [3.8, 4) is 5.88 Å². The highest BCUT2D eigenvalue weighted by molar-refractivity contribution is 5.47. The van der Waals surface area contributed by atoms with Gasteiger partial charge in [-0.2, -0.15) is 4.98 Å². The molecule has 0 bridgehead atoms. The molecule has 0 spiro atoms. The van der Waals surface area contributed by atoms with Crippen molar-refractivity contribution in [2.45, 2.75) is 46.0 Å². The van der Waals surface area contributed by atoms with Crippen LogP contribution in [-0.2, 0) is 13.1 Å². The van der Waals surface area contributed by atoms with E-state index < -0.39 is 29.4 Å². The molecule has 1 atom stereocenters. The van der Waals surface area contributed by atoms with Crippen LogP contribution in [0.15, 0.2) is 29.1 Å². The summed E-state index contributed by atoms with van der Waals surface area (Å²) in [5.74, 6) is -2.25. The van der Waals surface area contributed by atoms with Gasteiger partial charge >= 0.3 is 5.69 Å². The lowest BCUT2D eigenvalue weighted by atomic mass is 10.2. The van der Waals surface area contributed by atoms with Crippen LogP contribution in [0.4, 0.5) is 14.6 Å². The average molecular weight is 337 g/mol. The maximum Gasteiger partial charge on any atom is 0.352 e. The quantitative estimate of drug-likeness (QED) is 0.861. The zero-order chi connectivity index (χ0) is 19.2. The molecule has 7 heteroatoms. The number of halogens is 2. The number of benzene rings is 1. The Morgan fingerprint density at radius 1 is 1.46 bits per heavy atom. The fourth-order valence-electron chi connectivity index (χ4n) is 2.95. The zero-order valence-electron chi connectivity index (χ0n) is 15.6. The van der Waals surface area contributed by atoms with E-state index in [0.717, 1.165) is 12.1 Å². The number of rotatable bonds is 4. The number of hydrogen-bond acceptors (Lipinski definition) is 4. The smallest absolute Gasteiger partial charge is 0.352 e. The second-order valence-electron chi connectivity index (χ2n) is 6.00. The number of aromatic nitrogens is 2. The third-order valence-electron chi connectivity index (χ3n) is 3.93. The third kappa shape index (κ3) is 2.86. The molecular formula is C17H19F2N3O2. The highest BCUT2D eigenvalue weighted by atomic mass is 19.2. The minimum Gasteiger partial charge on any atom is -0.472 e. The second-order valence-corrected chi connectivity index (χ2v) is 6.00. The molecule has 0 unspecified atom stereocenters. The lowest BCUT2D eigenvalue weighted by Gasteiger charge is -2.27. The van der Waals surface area contributed by atoms with Crippen molar-refractivity contribution >= 4 is 5.82 Å². The van der Waals surface area contributed by atoms with Gasteiger partial charge < -0.3 is 9.64 Å². The second kappa shape index (κ2) is 6.22. The Balaban J connectivity index is 2.00. The Morgan fingerprint density at radius 2 is 2.21 bits per heavy atom. The van der Waals surface area contributed by atoms with Gasteiger partial charge in [0, 0.05) is 30.3 Å². The number of hydrogen-bond donors (Lipinski definition) is 0. The molecule has 0 radical (unpaired) electrons. The molecule has 1 aliphatic rings. The maximum atomic E-state index is 13.9. The Kier molecular flexibility index (Phi) is 3.62. The third-order valence-corrected chi connectivity index (χ3v) is 3.93. The number of nitrogens with zero attached hydrogens (tertiary/aromatic N) is 3. The molecule has 128 valence electrons. The minimum atomic E-state index is -2.70. The standard InChI is InChI=1S/C17H19F2N3O2/c1-10(2)22-11(3)8-21-15(22)7-14(20-17(21)23)24-9-12-5-4-6-13(18)16(12)19/h4-7,10-11H,8-9H2,1-3H3/t11-/m0/s1/i9D2. The summed E-state index contributed by atoms with van der Waals surface area (Å²) < 4.78 is 49.9. The largest absolute Gasteiger partial charge is 0.472 e. The van der Waals surface area contributed by atoms with Gasteiger partial charge in [-0.3, -0.25) is 4.57 Å². The average Bonchev–Trinajstić information content (AvgIpc) is 2.86. The van der Waals surface area contributed by atoms with E-state index in [-0.39, 0.29) is 18.0 Å². The van der Waals surface area contributed by atoms with Gasteiger partial charge in [0.25, 0.3) is 0 Å². The van der Waals surface area contributed by atoms with E-state index in [1.807, 2.05) is 25.7 Å². The number of fused-ring (bicyclic) bond motifs is 1. The van der Waals surface area contributed by atoms with Crippen LogP contribution in [0.25, 0.3) is 0 Å². The van der Waals surface area contributed by atoms with Crippen molar-refractivity contribution in [3.05, 3.63) is 51.9 Å². The Morgan fingerprint density at radius 3 is 2.92 bits per heavy atom. The van der Waals surface area contributed by atoms with Gasteiger partial charge in [-0.25, -0.2) is 13.6 Å². The van der Waals surface area contributed by atoms with Crippen molar-refractivity contribution in [2.24, 2.45) is 0 Å². The summed E-state index contributed by atoms with van der Waals surface area (Å²) in [5, 5.41) is 0. The molecule has 0 N–H and O–H groups in total. The van der Waals surface area contributed by atoms with Gasteiger partial charge in [0.05, 0.1) is 2.74 Å². The summed E-state index contributed by atoms with van der Waals surface area (Å²) in [6.07, 6.45) is 0. The SMILES string of the molecule is [2H]C([2H])(Oc1cc2n(c(=O)n1)C[C@H](C)N2C(C)C)c1cccc(F)c1F. The molecule has 24 heavy (non-hydrogen) atoms. The predicted molar refractivity (Wildman–Crippen MR) is 86.3 cm³/mol. The first-order valence-electron chi connectivity index (χ1n) is 8.65. The van der Waals surface area contributed by atoms with E-state index in [2.05, 4.69) is 4.98 Å². The molecule has 2 heterocycles. The van der Waals surface area contributed by atoms with Crippen molar-refractivity contribution in [3.63, 3.8) is 0 Å². The van der Waals surface area contributed by atoms with E-state index >= 15 is 0 Å². The molecule has 2 aromatic rings. The Hall–Kier alpha value is -2.44. The van der Waals surface area contributed by atoms with Crippen LogP contribution in [0.2, 0.25) is 0 Å². The normalized spacial score (nSPS) is 18.4. The van der Waals surface area contributed by atoms with Crippen LogP contribution < -0.4 is 15.3 Å². The molecule has 0 saturated carbocycles. The lowest BCUT2D eigenvalue weighted by molar-refractivity contribution is 0.283. The Bertz CT molecular complexity index is 902. The summed E-state index contributed by atoms with van der Waals surface area (Å²) >= 11 is 0. The van der Waals surface area contributed by atoms with Crippen LogP contribution in [-0.4, -0.2) is 21.6 Å². The van der Waals surface area contributed by atoms with Crippen molar-refractivity contribution in [1.29, 1.82) is 0 Å². The molecule has 5 nitrogen and oxygen atoms in total. The van der Waals surface area contributed by atoms with Gasteiger partial charge in [-0.05, 0) is 26.8 Å². The van der Waals surface area contributed by atoms with Gasteiger partial charge in [0.15, 0.2) is 11.6 Å². The maximum absolute atomic E-state index is 13.9. The van der Waals surface area contributed by atoms with Gasteiger partial charge in [0.2, 0.25) is 5.88 Å². The van der Waals surface area contributed by atoms with Gasteiger partial charge in [-0.1, -0.05) is 12.1 Å². The predicted octanol–water partition coefficient (Wildman–Crippen LogP) is 2.72. The van der Waals surface area contributed by atoms with Crippen LogP contribution in [0.1, 0.15) is 29.1 Å². The molecule has 1 aliphatic heterocycles. The summed E-state index contributed by atoms with van der Waals surface area (Å²) in [7, 11) is 0. The first-order valence-corrected chi connectivity index (χ1v) is 7.65. The molecule has 0 fully saturated rings. The van der Waals surface area contributed by atoms with Crippen molar-refractivity contribution in [2.75, 3.05) is 4.90 Å². The summed E-state index contributed by atoms with van der Waals surface area (Å²) in [4.78, 5) is 18.0. The van der Waals surface area contributed by atoms with E-state index in [1.165, 1.54) is 16.7 Å². The van der Waals surface area contributed by atoms with E-state index in [9.17, 15) is 13.6 Å². The van der Waals surface area contributed by atoms with Crippen LogP contribution in [0.5, 0.6) is 5.88 Å². The fourth-order valence-corrected chi connectivity index (χ4v) is 2.95. The molecule has 0 aliphatic carbocycles. The molecular weight excluding hydrogens is 316 g/mol. The summed E-state index contributed by atoms with van der Waals surface area (Å²) in [6.45, 7) is 3.68. The highest BCUT2D eigenvalue weighted by Crippen LogP contribution is 2.28. The monoisotopic (exact) mass is 337 g/mol. The lowest BCUT2D eigenvalue weighted by Crippen LogP contribution is -2.35.